The standard InChI is InChI=1S/C12H19N3O2/c1-2-9-5-3-4-8-15(9)12(17)10-6-7-11(16)14-13-10/h9H,2-8H2,1H3,(H,14,16). The van der Waals surface area contributed by atoms with E-state index in [1.165, 1.54) is 6.42 Å². The Morgan fingerprint density at radius 3 is 2.94 bits per heavy atom. The summed E-state index contributed by atoms with van der Waals surface area (Å²) >= 11 is 0. The highest BCUT2D eigenvalue weighted by Crippen LogP contribution is 2.20. The first-order chi connectivity index (χ1) is 8.22. The highest BCUT2D eigenvalue weighted by atomic mass is 16.2. The van der Waals surface area contributed by atoms with E-state index in [1.54, 1.807) is 0 Å². The van der Waals surface area contributed by atoms with E-state index in [1.807, 2.05) is 4.90 Å². The second kappa shape index (κ2) is 5.29. The van der Waals surface area contributed by atoms with Crippen LogP contribution in [0.15, 0.2) is 5.10 Å². The Morgan fingerprint density at radius 2 is 2.29 bits per heavy atom. The minimum Gasteiger partial charge on any atom is -0.335 e. The van der Waals surface area contributed by atoms with E-state index in [0.29, 0.717) is 24.6 Å². The molecular formula is C12H19N3O2. The molecule has 5 heteroatoms. The number of nitrogens with zero attached hydrogens (tertiary/aromatic N) is 2. The van der Waals surface area contributed by atoms with Crippen LogP contribution in [0.3, 0.4) is 0 Å². The summed E-state index contributed by atoms with van der Waals surface area (Å²) in [7, 11) is 0. The first kappa shape index (κ1) is 12.1. The van der Waals surface area contributed by atoms with Crippen LogP contribution in [0, 0.1) is 0 Å². The van der Waals surface area contributed by atoms with Gasteiger partial charge < -0.3 is 4.90 Å². The quantitative estimate of drug-likeness (QED) is 0.780. The molecule has 1 atom stereocenters. The average molecular weight is 237 g/mol. The predicted octanol–water partition coefficient (Wildman–Crippen LogP) is 1.04. The van der Waals surface area contributed by atoms with Gasteiger partial charge in [-0.2, -0.15) is 5.10 Å². The van der Waals surface area contributed by atoms with Gasteiger partial charge in [0.1, 0.15) is 5.71 Å². The molecule has 1 unspecified atom stereocenters. The Hall–Kier alpha value is -1.39. The number of hydrazone groups is 1. The molecule has 0 radical (unpaired) electrons. The van der Waals surface area contributed by atoms with Gasteiger partial charge in [-0.05, 0) is 25.7 Å². The first-order valence-corrected chi connectivity index (χ1v) is 6.38. The van der Waals surface area contributed by atoms with Gasteiger partial charge in [0.15, 0.2) is 0 Å². The lowest BCUT2D eigenvalue weighted by Gasteiger charge is -2.35. The Kier molecular flexibility index (Phi) is 3.76. The van der Waals surface area contributed by atoms with E-state index in [4.69, 9.17) is 0 Å². The third-order valence-corrected chi connectivity index (χ3v) is 3.51. The molecule has 0 saturated carbocycles. The summed E-state index contributed by atoms with van der Waals surface area (Å²) in [4.78, 5) is 25.2. The van der Waals surface area contributed by atoms with Crippen molar-refractivity contribution in [1.82, 2.24) is 10.3 Å². The first-order valence-electron chi connectivity index (χ1n) is 6.38. The Balaban J connectivity index is 2.05. The summed E-state index contributed by atoms with van der Waals surface area (Å²) in [6.45, 7) is 2.94. The monoisotopic (exact) mass is 237 g/mol. The highest BCUT2D eigenvalue weighted by molar-refractivity contribution is 6.39. The minimum atomic E-state index is -0.104. The number of rotatable bonds is 2. The van der Waals surface area contributed by atoms with Crippen LogP contribution in [-0.4, -0.2) is 35.0 Å². The lowest BCUT2D eigenvalue weighted by molar-refractivity contribution is -0.128. The zero-order chi connectivity index (χ0) is 12.3. The Bertz CT molecular complexity index is 352. The molecule has 5 nitrogen and oxygen atoms in total. The number of hydrogen-bond donors (Lipinski definition) is 1. The SMILES string of the molecule is CCC1CCCCN1C(=O)C1=NNC(=O)CC1. The number of likely N-dealkylation sites (tertiary alicyclic amines) is 1. The van der Waals surface area contributed by atoms with Gasteiger partial charge in [0, 0.05) is 25.4 Å². The Labute approximate surface area is 101 Å². The maximum Gasteiger partial charge on any atom is 0.270 e. The average Bonchev–Trinajstić information content (AvgIpc) is 2.39. The third-order valence-electron chi connectivity index (χ3n) is 3.51. The molecule has 2 aliphatic heterocycles. The van der Waals surface area contributed by atoms with Crippen LogP contribution >= 0.6 is 0 Å². The van der Waals surface area contributed by atoms with Gasteiger partial charge in [-0.25, -0.2) is 5.43 Å². The molecule has 17 heavy (non-hydrogen) atoms. The molecular weight excluding hydrogens is 218 g/mol. The fourth-order valence-corrected chi connectivity index (χ4v) is 2.49. The molecule has 2 heterocycles. The van der Waals surface area contributed by atoms with Crippen LogP contribution in [0.2, 0.25) is 0 Å². The number of piperidine rings is 1. The van der Waals surface area contributed by atoms with E-state index in [-0.39, 0.29) is 11.8 Å². The smallest absolute Gasteiger partial charge is 0.270 e. The van der Waals surface area contributed by atoms with Crippen molar-refractivity contribution in [3.05, 3.63) is 0 Å². The molecule has 2 amide bonds. The molecule has 2 rings (SSSR count). The summed E-state index contributed by atoms with van der Waals surface area (Å²) in [5, 5.41) is 3.88. The molecule has 0 aromatic heterocycles. The normalized spacial score (nSPS) is 25.2. The fraction of sp³-hybridized carbons (Fsp3) is 0.750. The number of hydrogen-bond acceptors (Lipinski definition) is 3. The lowest BCUT2D eigenvalue weighted by atomic mass is 9.98. The van der Waals surface area contributed by atoms with Crippen LogP contribution in [0.1, 0.15) is 45.4 Å². The van der Waals surface area contributed by atoms with Crippen LogP contribution in [0.4, 0.5) is 0 Å². The molecule has 0 spiro atoms. The summed E-state index contributed by atoms with van der Waals surface area (Å²) in [5.41, 5.74) is 2.89. The molecule has 0 bridgehead atoms. The predicted molar refractivity (Wildman–Crippen MR) is 64.5 cm³/mol. The van der Waals surface area contributed by atoms with Crippen molar-refractivity contribution in [3.8, 4) is 0 Å². The second-order valence-electron chi connectivity index (χ2n) is 4.65. The third kappa shape index (κ3) is 2.65. The maximum atomic E-state index is 12.3. The number of nitrogens with one attached hydrogen (secondary N) is 1. The fourth-order valence-electron chi connectivity index (χ4n) is 2.49. The van der Waals surface area contributed by atoms with E-state index < -0.39 is 0 Å². The molecule has 0 aromatic carbocycles. The lowest BCUT2D eigenvalue weighted by Crippen LogP contribution is -2.47. The topological polar surface area (TPSA) is 61.8 Å². The van der Waals surface area contributed by atoms with E-state index in [0.717, 1.165) is 25.8 Å². The van der Waals surface area contributed by atoms with E-state index in [2.05, 4.69) is 17.5 Å². The zero-order valence-corrected chi connectivity index (χ0v) is 10.2. The van der Waals surface area contributed by atoms with Crippen molar-refractivity contribution in [2.45, 2.75) is 51.5 Å². The van der Waals surface area contributed by atoms with Gasteiger partial charge >= 0.3 is 0 Å². The molecule has 1 fully saturated rings. The number of carbonyl (C=O) groups is 2. The molecule has 0 aromatic rings. The number of amides is 2. The summed E-state index contributed by atoms with van der Waals surface area (Å²) in [5.74, 6) is -0.0937. The van der Waals surface area contributed by atoms with Crippen LogP contribution in [0.25, 0.3) is 0 Å². The molecule has 1 saturated heterocycles. The van der Waals surface area contributed by atoms with Gasteiger partial charge in [0.2, 0.25) is 5.91 Å². The molecule has 94 valence electrons. The van der Waals surface area contributed by atoms with Gasteiger partial charge in [0.05, 0.1) is 0 Å². The second-order valence-corrected chi connectivity index (χ2v) is 4.65. The zero-order valence-electron chi connectivity index (χ0n) is 10.2. The highest BCUT2D eigenvalue weighted by Gasteiger charge is 2.29. The minimum absolute atomic E-state index is 0.0107. The summed E-state index contributed by atoms with van der Waals surface area (Å²) in [6, 6.07) is 0.344. The van der Waals surface area contributed by atoms with Gasteiger partial charge in [0.25, 0.3) is 5.91 Å². The molecule has 1 N–H and O–H groups in total. The number of carbonyl (C=O) groups excluding carboxylic acids is 2. The maximum absolute atomic E-state index is 12.3. The largest absolute Gasteiger partial charge is 0.335 e. The van der Waals surface area contributed by atoms with E-state index in [9.17, 15) is 9.59 Å². The molecule has 2 aliphatic rings. The van der Waals surface area contributed by atoms with Crippen LogP contribution in [0.5, 0.6) is 0 Å². The van der Waals surface area contributed by atoms with Crippen molar-refractivity contribution < 1.29 is 9.59 Å². The van der Waals surface area contributed by atoms with Crippen molar-refractivity contribution in [3.63, 3.8) is 0 Å². The van der Waals surface area contributed by atoms with Gasteiger partial charge in [-0.3, -0.25) is 9.59 Å². The Morgan fingerprint density at radius 1 is 1.47 bits per heavy atom. The van der Waals surface area contributed by atoms with Crippen molar-refractivity contribution >= 4 is 17.5 Å². The van der Waals surface area contributed by atoms with Gasteiger partial charge in [-0.1, -0.05) is 6.92 Å². The van der Waals surface area contributed by atoms with Crippen molar-refractivity contribution in [1.29, 1.82) is 0 Å². The summed E-state index contributed by atoms with van der Waals surface area (Å²) in [6.07, 6.45) is 5.19. The molecule has 0 aliphatic carbocycles. The van der Waals surface area contributed by atoms with Crippen LogP contribution < -0.4 is 5.43 Å². The summed E-state index contributed by atoms with van der Waals surface area (Å²) < 4.78 is 0. The van der Waals surface area contributed by atoms with Crippen LogP contribution in [-0.2, 0) is 9.59 Å². The van der Waals surface area contributed by atoms with Gasteiger partial charge in [-0.15, -0.1) is 0 Å². The van der Waals surface area contributed by atoms with Crippen molar-refractivity contribution in [2.75, 3.05) is 6.54 Å². The van der Waals surface area contributed by atoms with E-state index >= 15 is 0 Å². The van der Waals surface area contributed by atoms with Crippen molar-refractivity contribution in [2.24, 2.45) is 5.10 Å².